The van der Waals surface area contributed by atoms with Crippen LogP contribution in [-0.2, 0) is 0 Å². The van der Waals surface area contributed by atoms with E-state index < -0.39 is 0 Å². The fourth-order valence-electron chi connectivity index (χ4n) is 2.84. The van der Waals surface area contributed by atoms with Crippen LogP contribution in [0.15, 0.2) is 54.6 Å². The number of nitrogens with zero attached hydrogens (tertiary/aromatic N) is 1. The Labute approximate surface area is 115 Å². The summed E-state index contributed by atoms with van der Waals surface area (Å²) in [4.78, 5) is 12.3. The van der Waals surface area contributed by atoms with Crippen molar-refractivity contribution < 1.29 is 10.0 Å². The first-order valence-electron chi connectivity index (χ1n) is 6.42. The minimum Gasteiger partial charge on any atom is -0.428 e. The van der Waals surface area contributed by atoms with Crippen LogP contribution in [0.25, 0.3) is 28.2 Å². The topological polar surface area (TPSA) is 42.2 Å². The second-order valence-electron chi connectivity index (χ2n) is 4.84. The first-order valence-corrected chi connectivity index (χ1v) is 6.42. The Morgan fingerprint density at radius 3 is 2.50 bits per heavy atom. The summed E-state index contributed by atoms with van der Waals surface area (Å²) in [5.41, 5.74) is 3.58. The van der Waals surface area contributed by atoms with Crippen molar-refractivity contribution in [2.75, 3.05) is 0 Å². The molecule has 4 rings (SSSR count). The third-order valence-electron chi connectivity index (χ3n) is 3.71. The molecule has 0 fully saturated rings. The van der Waals surface area contributed by atoms with Crippen LogP contribution in [0.2, 0.25) is 0 Å². The lowest BCUT2D eigenvalue weighted by Gasteiger charge is -2.07. The predicted octanol–water partition coefficient (Wildman–Crippen LogP) is 3.76. The van der Waals surface area contributed by atoms with Gasteiger partial charge >= 0.3 is 0 Å². The quantitative estimate of drug-likeness (QED) is 0.678. The third-order valence-corrected chi connectivity index (χ3v) is 3.71. The average molecular weight is 261 g/mol. The molecule has 2 aromatic carbocycles. The monoisotopic (exact) mass is 261 g/mol. The van der Waals surface area contributed by atoms with E-state index >= 15 is 0 Å². The maximum Gasteiger partial charge on any atom is 0.188 e. The Hall–Kier alpha value is -2.81. The van der Waals surface area contributed by atoms with E-state index in [-0.39, 0.29) is 5.78 Å². The van der Waals surface area contributed by atoms with Gasteiger partial charge in [-0.15, -0.1) is 0 Å². The van der Waals surface area contributed by atoms with E-state index in [1.165, 1.54) is 0 Å². The normalized spacial score (nSPS) is 13.1. The zero-order chi connectivity index (χ0) is 13.7. The molecule has 0 saturated carbocycles. The van der Waals surface area contributed by atoms with Crippen molar-refractivity contribution in [2.24, 2.45) is 0 Å². The van der Waals surface area contributed by atoms with E-state index in [0.29, 0.717) is 16.8 Å². The van der Waals surface area contributed by atoms with Crippen LogP contribution in [0.5, 0.6) is 0 Å². The molecule has 1 heterocycles. The molecule has 0 saturated heterocycles. The van der Waals surface area contributed by atoms with Crippen molar-refractivity contribution in [1.29, 1.82) is 0 Å². The highest BCUT2D eigenvalue weighted by Crippen LogP contribution is 2.37. The van der Waals surface area contributed by atoms with Gasteiger partial charge in [0.2, 0.25) is 0 Å². The van der Waals surface area contributed by atoms with Crippen LogP contribution < -0.4 is 0 Å². The van der Waals surface area contributed by atoms with Gasteiger partial charge in [0.15, 0.2) is 5.78 Å². The standard InChI is InChI=1S/C17H11NO2/c19-14-10-9-11-7-4-8-13-15(11)16(14)17(18(13)20)12-5-2-1-3-6-12/h1-10,20H. The van der Waals surface area contributed by atoms with Crippen LogP contribution in [0.1, 0.15) is 15.9 Å². The van der Waals surface area contributed by atoms with Gasteiger partial charge < -0.3 is 5.21 Å². The summed E-state index contributed by atoms with van der Waals surface area (Å²) in [6.45, 7) is 0. The molecule has 3 heteroatoms. The Balaban J connectivity index is 2.20. The van der Waals surface area contributed by atoms with Crippen molar-refractivity contribution >= 4 is 22.8 Å². The fourth-order valence-corrected chi connectivity index (χ4v) is 2.84. The number of hydrogen-bond acceptors (Lipinski definition) is 2. The van der Waals surface area contributed by atoms with Crippen LogP contribution in [0.4, 0.5) is 0 Å². The summed E-state index contributed by atoms with van der Waals surface area (Å²) < 4.78 is 1.12. The molecule has 0 bridgehead atoms. The summed E-state index contributed by atoms with van der Waals surface area (Å²) >= 11 is 0. The largest absolute Gasteiger partial charge is 0.428 e. The zero-order valence-electron chi connectivity index (χ0n) is 10.6. The highest BCUT2D eigenvalue weighted by Gasteiger charge is 2.25. The van der Waals surface area contributed by atoms with E-state index in [1.807, 2.05) is 48.5 Å². The molecule has 3 aromatic rings. The molecule has 1 N–H and O–H groups in total. The summed E-state index contributed by atoms with van der Waals surface area (Å²) in [5.74, 6) is -0.0691. The molecule has 1 aliphatic carbocycles. The summed E-state index contributed by atoms with van der Waals surface area (Å²) in [6, 6.07) is 15.1. The fraction of sp³-hybridized carbons (Fsp3) is 0. The van der Waals surface area contributed by atoms with E-state index in [0.717, 1.165) is 21.2 Å². The Kier molecular flexibility index (Phi) is 2.12. The molecule has 3 nitrogen and oxygen atoms in total. The van der Waals surface area contributed by atoms with Gasteiger partial charge in [0.25, 0.3) is 0 Å². The van der Waals surface area contributed by atoms with Crippen molar-refractivity contribution in [3.8, 4) is 11.3 Å². The number of benzene rings is 2. The molecular weight excluding hydrogens is 250 g/mol. The van der Waals surface area contributed by atoms with E-state index in [1.54, 1.807) is 12.2 Å². The second kappa shape index (κ2) is 3.84. The third kappa shape index (κ3) is 1.32. The van der Waals surface area contributed by atoms with Gasteiger partial charge in [-0.2, -0.15) is 4.73 Å². The molecule has 20 heavy (non-hydrogen) atoms. The van der Waals surface area contributed by atoms with Gasteiger partial charge in [0, 0.05) is 10.9 Å². The average Bonchev–Trinajstić information content (AvgIpc) is 2.79. The highest BCUT2D eigenvalue weighted by molar-refractivity contribution is 6.23. The number of aromatic nitrogens is 1. The zero-order valence-corrected chi connectivity index (χ0v) is 10.6. The van der Waals surface area contributed by atoms with Crippen LogP contribution in [-0.4, -0.2) is 15.7 Å². The van der Waals surface area contributed by atoms with Crippen LogP contribution in [0, 0.1) is 0 Å². The smallest absolute Gasteiger partial charge is 0.188 e. The van der Waals surface area contributed by atoms with Gasteiger partial charge in [-0.1, -0.05) is 48.5 Å². The lowest BCUT2D eigenvalue weighted by molar-refractivity contribution is 0.104. The van der Waals surface area contributed by atoms with Crippen molar-refractivity contribution in [3.63, 3.8) is 0 Å². The molecular formula is C17H11NO2. The highest BCUT2D eigenvalue weighted by atomic mass is 16.5. The minimum atomic E-state index is -0.0691. The molecule has 0 radical (unpaired) electrons. The minimum absolute atomic E-state index is 0.0691. The lowest BCUT2D eigenvalue weighted by atomic mass is 9.94. The van der Waals surface area contributed by atoms with Crippen molar-refractivity contribution in [1.82, 2.24) is 4.73 Å². The number of carbonyl (C=O) groups excluding carboxylic acids is 1. The molecule has 0 amide bonds. The van der Waals surface area contributed by atoms with Crippen LogP contribution >= 0.6 is 0 Å². The molecule has 0 atom stereocenters. The van der Waals surface area contributed by atoms with Gasteiger partial charge in [-0.05, 0) is 17.7 Å². The molecule has 0 spiro atoms. The van der Waals surface area contributed by atoms with Crippen molar-refractivity contribution in [3.05, 3.63) is 65.7 Å². The Morgan fingerprint density at radius 1 is 0.900 bits per heavy atom. The summed E-state index contributed by atoms with van der Waals surface area (Å²) in [6.07, 6.45) is 3.36. The number of allylic oxidation sites excluding steroid dienone is 1. The first-order chi connectivity index (χ1) is 9.77. The van der Waals surface area contributed by atoms with E-state index in [9.17, 15) is 10.0 Å². The SMILES string of the molecule is O=C1C=Cc2cccc3c2c1c(-c1ccccc1)n3O. The molecule has 0 unspecified atom stereocenters. The first kappa shape index (κ1) is 11.1. The summed E-state index contributed by atoms with van der Waals surface area (Å²) in [7, 11) is 0. The maximum atomic E-state index is 12.3. The number of ketones is 1. The van der Waals surface area contributed by atoms with Gasteiger partial charge in [0.1, 0.15) is 0 Å². The Bertz CT molecular complexity index is 873. The molecule has 1 aliphatic rings. The van der Waals surface area contributed by atoms with Crippen molar-refractivity contribution in [2.45, 2.75) is 0 Å². The van der Waals surface area contributed by atoms with Gasteiger partial charge in [-0.3, -0.25) is 4.79 Å². The lowest BCUT2D eigenvalue weighted by Crippen LogP contribution is -2.01. The molecule has 1 aromatic heterocycles. The number of carbonyl (C=O) groups is 1. The number of rotatable bonds is 1. The summed E-state index contributed by atoms with van der Waals surface area (Å²) in [5, 5.41) is 11.3. The van der Waals surface area contributed by atoms with Gasteiger partial charge in [-0.25, -0.2) is 0 Å². The number of hydrogen-bond donors (Lipinski definition) is 1. The van der Waals surface area contributed by atoms with Crippen LogP contribution in [0.3, 0.4) is 0 Å². The molecule has 0 aliphatic heterocycles. The van der Waals surface area contributed by atoms with E-state index in [4.69, 9.17) is 0 Å². The molecule has 96 valence electrons. The maximum absolute atomic E-state index is 12.3. The second-order valence-corrected chi connectivity index (χ2v) is 4.84. The van der Waals surface area contributed by atoms with Gasteiger partial charge in [0.05, 0.1) is 16.8 Å². The van der Waals surface area contributed by atoms with E-state index in [2.05, 4.69) is 0 Å². The predicted molar refractivity (Wildman–Crippen MR) is 77.9 cm³/mol. The Morgan fingerprint density at radius 2 is 1.70 bits per heavy atom.